The molecule has 0 saturated carbocycles. The van der Waals surface area contributed by atoms with Crippen LogP contribution in [0.4, 0.5) is 15.2 Å². The van der Waals surface area contributed by atoms with Gasteiger partial charge in [-0.3, -0.25) is 4.90 Å². The topological polar surface area (TPSA) is 95.6 Å². The average molecular weight is 566 g/mol. The number of nitrogens with one attached hydrogen (secondary N) is 3. The van der Waals surface area contributed by atoms with Crippen LogP contribution in [0.5, 0.6) is 5.75 Å². The van der Waals surface area contributed by atoms with Crippen molar-refractivity contribution in [2.24, 2.45) is 0 Å². The van der Waals surface area contributed by atoms with Gasteiger partial charge in [-0.25, -0.2) is 17.8 Å². The third kappa shape index (κ3) is 7.34. The summed E-state index contributed by atoms with van der Waals surface area (Å²) in [4.78, 5) is 7.55. The summed E-state index contributed by atoms with van der Waals surface area (Å²) < 4.78 is 41.5. The SMILES string of the molecule is CS(=O)(=O)CCNCc1cnc(N2C=CC3=CNC=C(Nc4ccc(OCc5ccc(F)cc5)cc4)C3=C2)s1. The number of fused-ring (bicyclic) bond motifs is 1. The molecule has 0 atom stereocenters. The van der Waals surface area contributed by atoms with Crippen LogP contribution in [0.15, 0.2) is 102 Å². The molecule has 11 heteroatoms. The van der Waals surface area contributed by atoms with Gasteiger partial charge in [-0.05, 0) is 48.0 Å². The Labute approximate surface area is 231 Å². The maximum absolute atomic E-state index is 13.1. The number of hydrogen-bond acceptors (Lipinski definition) is 9. The van der Waals surface area contributed by atoms with Gasteiger partial charge in [0.15, 0.2) is 5.13 Å². The molecule has 202 valence electrons. The Bertz CT molecular complexity index is 1540. The predicted octanol–water partition coefficient (Wildman–Crippen LogP) is 4.65. The molecule has 0 amide bonds. The summed E-state index contributed by atoms with van der Waals surface area (Å²) >= 11 is 1.55. The Hall–Kier alpha value is -3.93. The zero-order valence-electron chi connectivity index (χ0n) is 21.2. The number of benzene rings is 2. The lowest BCUT2D eigenvalue weighted by Crippen LogP contribution is -2.21. The van der Waals surface area contributed by atoms with Crippen molar-refractivity contribution in [1.29, 1.82) is 0 Å². The van der Waals surface area contributed by atoms with Crippen LogP contribution in [0.3, 0.4) is 0 Å². The molecule has 2 aromatic carbocycles. The second kappa shape index (κ2) is 11.9. The van der Waals surface area contributed by atoms with Crippen LogP contribution in [0, 0.1) is 5.82 Å². The Morgan fingerprint density at radius 1 is 1.10 bits per heavy atom. The number of allylic oxidation sites excluding steroid dienone is 2. The molecule has 3 N–H and O–H groups in total. The van der Waals surface area contributed by atoms with Crippen LogP contribution in [0.1, 0.15) is 10.4 Å². The fourth-order valence-electron chi connectivity index (χ4n) is 3.88. The highest BCUT2D eigenvalue weighted by atomic mass is 32.2. The lowest BCUT2D eigenvalue weighted by atomic mass is 10.0. The normalized spacial score (nSPS) is 14.6. The summed E-state index contributed by atoms with van der Waals surface area (Å²) in [6.07, 6.45) is 12.9. The van der Waals surface area contributed by atoms with Crippen LogP contribution in [0.2, 0.25) is 0 Å². The molecule has 0 spiro atoms. The number of sulfone groups is 1. The lowest BCUT2D eigenvalue weighted by molar-refractivity contribution is 0.306. The molecule has 8 nitrogen and oxygen atoms in total. The number of ether oxygens (including phenoxy) is 1. The van der Waals surface area contributed by atoms with Crippen molar-refractivity contribution in [1.82, 2.24) is 15.6 Å². The van der Waals surface area contributed by atoms with Crippen molar-refractivity contribution in [2.75, 3.05) is 28.8 Å². The van der Waals surface area contributed by atoms with E-state index in [0.29, 0.717) is 19.7 Å². The third-order valence-electron chi connectivity index (χ3n) is 5.91. The molecular formula is C28H28FN5O3S2. The van der Waals surface area contributed by atoms with Crippen molar-refractivity contribution >= 4 is 32.0 Å². The van der Waals surface area contributed by atoms with Crippen molar-refractivity contribution < 1.29 is 17.5 Å². The van der Waals surface area contributed by atoms with Gasteiger partial charge in [0.25, 0.3) is 0 Å². The quantitative estimate of drug-likeness (QED) is 0.289. The van der Waals surface area contributed by atoms with Gasteiger partial charge in [0.1, 0.15) is 28.0 Å². The number of nitrogens with zero attached hydrogens (tertiary/aromatic N) is 2. The largest absolute Gasteiger partial charge is 0.489 e. The summed E-state index contributed by atoms with van der Waals surface area (Å²) in [7, 11) is -2.98. The molecule has 0 fully saturated rings. The van der Waals surface area contributed by atoms with Gasteiger partial charge in [0.2, 0.25) is 0 Å². The van der Waals surface area contributed by atoms with Crippen LogP contribution < -0.4 is 25.6 Å². The molecule has 2 aliphatic heterocycles. The predicted molar refractivity (Wildman–Crippen MR) is 153 cm³/mol. The first-order valence-electron chi connectivity index (χ1n) is 12.3. The minimum Gasteiger partial charge on any atom is -0.489 e. The summed E-state index contributed by atoms with van der Waals surface area (Å²) in [5.41, 5.74) is 4.75. The minimum atomic E-state index is -2.98. The van der Waals surface area contributed by atoms with E-state index in [1.807, 2.05) is 66.2 Å². The Balaban J connectivity index is 1.20. The first-order valence-corrected chi connectivity index (χ1v) is 15.1. The molecule has 1 aromatic heterocycles. The summed E-state index contributed by atoms with van der Waals surface area (Å²) in [5.74, 6) is 0.562. The van der Waals surface area contributed by atoms with E-state index < -0.39 is 9.84 Å². The zero-order valence-corrected chi connectivity index (χ0v) is 22.9. The summed E-state index contributed by atoms with van der Waals surface area (Å²) in [6.45, 7) is 1.33. The van der Waals surface area contributed by atoms with Crippen LogP contribution in [0.25, 0.3) is 0 Å². The molecule has 39 heavy (non-hydrogen) atoms. The van der Waals surface area contributed by atoms with Gasteiger partial charge in [0.05, 0.1) is 11.4 Å². The van der Waals surface area contributed by atoms with Gasteiger partial charge in [-0.2, -0.15) is 0 Å². The van der Waals surface area contributed by atoms with E-state index in [4.69, 9.17) is 4.74 Å². The smallest absolute Gasteiger partial charge is 0.193 e. The molecule has 0 aliphatic carbocycles. The minimum absolute atomic E-state index is 0.108. The molecule has 0 unspecified atom stereocenters. The van der Waals surface area contributed by atoms with E-state index in [1.54, 1.807) is 23.5 Å². The van der Waals surface area contributed by atoms with Gasteiger partial charge in [-0.1, -0.05) is 23.5 Å². The van der Waals surface area contributed by atoms with Crippen LogP contribution in [-0.2, 0) is 23.0 Å². The molecule has 5 rings (SSSR count). The first kappa shape index (κ1) is 26.7. The molecule has 0 radical (unpaired) electrons. The van der Waals surface area contributed by atoms with E-state index in [1.165, 1.54) is 18.4 Å². The van der Waals surface area contributed by atoms with Gasteiger partial charge >= 0.3 is 0 Å². The Kier molecular flexibility index (Phi) is 8.10. The van der Waals surface area contributed by atoms with Crippen molar-refractivity contribution in [3.63, 3.8) is 0 Å². The van der Waals surface area contributed by atoms with Crippen LogP contribution >= 0.6 is 11.3 Å². The number of thiazole rings is 1. The van der Waals surface area contributed by atoms with E-state index in [2.05, 4.69) is 20.9 Å². The number of aromatic nitrogens is 1. The van der Waals surface area contributed by atoms with E-state index in [9.17, 15) is 12.8 Å². The monoisotopic (exact) mass is 565 g/mol. The zero-order chi connectivity index (χ0) is 27.2. The maximum Gasteiger partial charge on any atom is 0.193 e. The highest BCUT2D eigenvalue weighted by molar-refractivity contribution is 7.90. The molecule has 0 bridgehead atoms. The highest BCUT2D eigenvalue weighted by Crippen LogP contribution is 2.32. The van der Waals surface area contributed by atoms with Crippen molar-refractivity contribution in [3.8, 4) is 5.75 Å². The van der Waals surface area contributed by atoms with Gasteiger partial charge in [-0.15, -0.1) is 0 Å². The molecule has 3 heterocycles. The second-order valence-corrected chi connectivity index (χ2v) is 12.4. The van der Waals surface area contributed by atoms with Gasteiger partial charge < -0.3 is 20.7 Å². The summed E-state index contributed by atoms with van der Waals surface area (Å²) in [6, 6.07) is 13.9. The molecule has 2 aliphatic rings. The lowest BCUT2D eigenvalue weighted by Gasteiger charge is -2.26. The van der Waals surface area contributed by atoms with Crippen molar-refractivity contribution in [3.05, 3.63) is 119 Å². The average Bonchev–Trinajstić information content (AvgIpc) is 3.40. The first-order chi connectivity index (χ1) is 18.8. The fourth-order valence-corrected chi connectivity index (χ4v) is 5.23. The maximum atomic E-state index is 13.1. The van der Waals surface area contributed by atoms with Crippen molar-refractivity contribution in [2.45, 2.75) is 13.2 Å². The van der Waals surface area contributed by atoms with E-state index in [-0.39, 0.29) is 11.6 Å². The standard InChI is InChI=1S/C28H28FN5O3S2/c1-39(35,36)13-11-30-15-25-16-32-28(38-25)34-12-10-21-14-31-17-27(26(21)18-34)33-23-6-8-24(9-7-23)37-19-20-2-4-22(29)5-3-20/h2-10,12,14,16-18,30-31,33H,11,13,15,19H2,1H3. The highest BCUT2D eigenvalue weighted by Gasteiger charge is 2.20. The fraction of sp³-hybridized carbons (Fsp3) is 0.179. The third-order valence-corrected chi connectivity index (χ3v) is 7.87. The summed E-state index contributed by atoms with van der Waals surface area (Å²) in [5, 5.41) is 10.6. The van der Waals surface area contributed by atoms with E-state index >= 15 is 0 Å². The number of halogens is 1. The number of rotatable bonds is 11. The second-order valence-electron chi connectivity index (χ2n) is 9.07. The number of hydrogen-bond donors (Lipinski definition) is 3. The number of dihydropyridines is 1. The van der Waals surface area contributed by atoms with E-state index in [0.717, 1.165) is 43.9 Å². The number of anilines is 2. The Morgan fingerprint density at radius 3 is 2.67 bits per heavy atom. The molecular weight excluding hydrogens is 537 g/mol. The van der Waals surface area contributed by atoms with Gasteiger partial charge in [0, 0.05) is 72.1 Å². The molecule has 0 saturated heterocycles. The molecule has 3 aromatic rings. The van der Waals surface area contributed by atoms with Crippen LogP contribution in [-0.4, -0.2) is 32.0 Å². The Morgan fingerprint density at radius 2 is 1.90 bits per heavy atom.